The van der Waals surface area contributed by atoms with Gasteiger partial charge in [-0.2, -0.15) is 13.2 Å². The zero-order valence-corrected chi connectivity index (χ0v) is 11.8. The maximum atomic E-state index is 12.6. The summed E-state index contributed by atoms with van der Waals surface area (Å²) >= 11 is 5.59. The molecule has 0 radical (unpaired) electrons. The highest BCUT2D eigenvalue weighted by molar-refractivity contribution is 6.30. The van der Waals surface area contributed by atoms with Crippen LogP contribution in [0.3, 0.4) is 0 Å². The quantitative estimate of drug-likeness (QED) is 0.807. The SMILES string of the molecule is C[C@H]1CN(c2ccc(C(F)(F)F)c(Cl)n2)CCN1C(=O)O. The van der Waals surface area contributed by atoms with Crippen molar-refractivity contribution in [2.45, 2.75) is 19.1 Å². The van der Waals surface area contributed by atoms with Crippen LogP contribution in [0.15, 0.2) is 12.1 Å². The smallest absolute Gasteiger partial charge is 0.419 e. The fourth-order valence-electron chi connectivity index (χ4n) is 2.26. The van der Waals surface area contributed by atoms with E-state index < -0.39 is 23.0 Å². The van der Waals surface area contributed by atoms with Gasteiger partial charge in [0.2, 0.25) is 0 Å². The molecule has 0 bridgehead atoms. The number of nitrogens with zero attached hydrogens (tertiary/aromatic N) is 3. The average Bonchev–Trinajstić information content (AvgIpc) is 2.36. The third-order valence-electron chi connectivity index (χ3n) is 3.34. The van der Waals surface area contributed by atoms with Crippen molar-refractivity contribution >= 4 is 23.5 Å². The lowest BCUT2D eigenvalue weighted by Crippen LogP contribution is -2.53. The van der Waals surface area contributed by atoms with E-state index in [-0.39, 0.29) is 12.6 Å². The van der Waals surface area contributed by atoms with Crippen LogP contribution in [-0.2, 0) is 6.18 Å². The van der Waals surface area contributed by atoms with Crippen LogP contribution < -0.4 is 4.90 Å². The summed E-state index contributed by atoms with van der Waals surface area (Å²) in [4.78, 5) is 17.7. The minimum Gasteiger partial charge on any atom is -0.465 e. The third kappa shape index (κ3) is 3.31. The largest absolute Gasteiger partial charge is 0.465 e. The van der Waals surface area contributed by atoms with Crippen molar-refractivity contribution in [2.24, 2.45) is 0 Å². The van der Waals surface area contributed by atoms with Crippen LogP contribution in [0.25, 0.3) is 0 Å². The molecule has 9 heteroatoms. The van der Waals surface area contributed by atoms with E-state index in [1.165, 1.54) is 11.0 Å². The number of hydrogen-bond acceptors (Lipinski definition) is 3. The van der Waals surface area contributed by atoms with E-state index in [9.17, 15) is 18.0 Å². The lowest BCUT2D eigenvalue weighted by Gasteiger charge is -2.38. The number of aromatic nitrogens is 1. The van der Waals surface area contributed by atoms with Crippen molar-refractivity contribution in [2.75, 3.05) is 24.5 Å². The molecule has 1 aromatic rings. The Morgan fingerprint density at radius 2 is 2.10 bits per heavy atom. The Bertz CT molecular complexity index is 553. The van der Waals surface area contributed by atoms with Crippen LogP contribution in [0, 0.1) is 0 Å². The van der Waals surface area contributed by atoms with Gasteiger partial charge in [0.15, 0.2) is 0 Å². The number of rotatable bonds is 1. The van der Waals surface area contributed by atoms with Crippen LogP contribution in [0.4, 0.5) is 23.8 Å². The summed E-state index contributed by atoms with van der Waals surface area (Å²) in [5, 5.41) is 8.38. The number of amides is 1. The molecule has 5 nitrogen and oxygen atoms in total. The second kappa shape index (κ2) is 5.59. The molecule has 2 heterocycles. The summed E-state index contributed by atoms with van der Waals surface area (Å²) in [5.74, 6) is 0.310. The topological polar surface area (TPSA) is 56.7 Å². The highest BCUT2D eigenvalue weighted by Crippen LogP contribution is 2.34. The molecule has 1 saturated heterocycles. The summed E-state index contributed by atoms with van der Waals surface area (Å²) in [6, 6.07) is 1.86. The number of hydrogen-bond donors (Lipinski definition) is 1. The second-order valence-electron chi connectivity index (χ2n) is 4.78. The lowest BCUT2D eigenvalue weighted by molar-refractivity contribution is -0.137. The first-order valence-electron chi connectivity index (χ1n) is 6.18. The van der Waals surface area contributed by atoms with Gasteiger partial charge >= 0.3 is 12.3 Å². The van der Waals surface area contributed by atoms with Crippen LogP contribution in [0.2, 0.25) is 5.15 Å². The van der Waals surface area contributed by atoms with Gasteiger partial charge in [0.1, 0.15) is 11.0 Å². The number of anilines is 1. The Labute approximate surface area is 123 Å². The zero-order chi connectivity index (χ0) is 15.8. The molecular weight excluding hydrogens is 311 g/mol. The molecule has 21 heavy (non-hydrogen) atoms. The summed E-state index contributed by atoms with van der Waals surface area (Å²) < 4.78 is 37.8. The molecule has 0 aliphatic carbocycles. The molecule has 1 aliphatic heterocycles. The van der Waals surface area contributed by atoms with E-state index in [1.54, 1.807) is 11.8 Å². The molecule has 1 fully saturated rings. The van der Waals surface area contributed by atoms with Crippen molar-refractivity contribution in [3.8, 4) is 0 Å². The van der Waals surface area contributed by atoms with Gasteiger partial charge in [-0.3, -0.25) is 0 Å². The average molecular weight is 324 g/mol. The molecule has 0 unspecified atom stereocenters. The summed E-state index contributed by atoms with van der Waals surface area (Å²) in [6.45, 7) is 2.69. The number of alkyl halides is 3. The van der Waals surface area contributed by atoms with E-state index in [1.807, 2.05) is 0 Å². The normalized spacial score (nSPS) is 19.8. The zero-order valence-electron chi connectivity index (χ0n) is 11.1. The monoisotopic (exact) mass is 323 g/mol. The molecule has 1 aromatic heterocycles. The number of halogens is 4. The van der Waals surface area contributed by atoms with Crippen molar-refractivity contribution in [3.63, 3.8) is 0 Å². The predicted octanol–water partition coefficient (Wildman–Crippen LogP) is 2.94. The van der Waals surface area contributed by atoms with Gasteiger partial charge in [-0.1, -0.05) is 11.6 Å². The fraction of sp³-hybridized carbons (Fsp3) is 0.500. The highest BCUT2D eigenvalue weighted by atomic mass is 35.5. The Kier molecular flexibility index (Phi) is 4.18. The first-order chi connectivity index (χ1) is 9.70. The van der Waals surface area contributed by atoms with Crippen molar-refractivity contribution in [3.05, 3.63) is 22.8 Å². The molecular formula is C12H13ClF3N3O2. The van der Waals surface area contributed by atoms with E-state index in [4.69, 9.17) is 16.7 Å². The van der Waals surface area contributed by atoms with Crippen molar-refractivity contribution in [1.29, 1.82) is 0 Å². The first-order valence-corrected chi connectivity index (χ1v) is 6.56. The van der Waals surface area contributed by atoms with Gasteiger partial charge in [0.25, 0.3) is 0 Å². The predicted molar refractivity (Wildman–Crippen MR) is 70.7 cm³/mol. The molecule has 0 saturated carbocycles. The number of carboxylic acid groups (broad SMARTS) is 1. The first kappa shape index (κ1) is 15.7. The van der Waals surface area contributed by atoms with Crippen LogP contribution >= 0.6 is 11.6 Å². The second-order valence-corrected chi connectivity index (χ2v) is 5.13. The number of carbonyl (C=O) groups is 1. The standard InChI is InChI=1S/C12H13ClF3N3O2/c1-7-6-18(4-5-19(7)11(20)21)9-3-2-8(10(13)17-9)12(14,15)16/h2-3,7H,4-6H2,1H3,(H,20,21)/t7-/m0/s1. The Morgan fingerprint density at radius 1 is 1.43 bits per heavy atom. The maximum absolute atomic E-state index is 12.6. The lowest BCUT2D eigenvalue weighted by atomic mass is 10.2. The molecule has 0 spiro atoms. The van der Waals surface area contributed by atoms with Gasteiger partial charge < -0.3 is 14.9 Å². The van der Waals surface area contributed by atoms with Gasteiger partial charge in [-0.25, -0.2) is 9.78 Å². The van der Waals surface area contributed by atoms with Crippen LogP contribution in [0.5, 0.6) is 0 Å². The van der Waals surface area contributed by atoms with Gasteiger partial charge in [-0.05, 0) is 19.1 Å². The van der Waals surface area contributed by atoms with Gasteiger partial charge in [0.05, 0.1) is 5.56 Å². The van der Waals surface area contributed by atoms with E-state index >= 15 is 0 Å². The number of piperazine rings is 1. The Hall–Kier alpha value is -1.70. The molecule has 1 aliphatic rings. The molecule has 1 atom stereocenters. The van der Waals surface area contributed by atoms with Crippen molar-refractivity contribution < 1.29 is 23.1 Å². The molecule has 116 valence electrons. The van der Waals surface area contributed by atoms with Crippen LogP contribution in [0.1, 0.15) is 12.5 Å². The maximum Gasteiger partial charge on any atom is 0.419 e. The minimum atomic E-state index is -4.54. The van der Waals surface area contributed by atoms with Gasteiger partial charge in [-0.15, -0.1) is 0 Å². The Balaban J connectivity index is 2.17. The molecule has 1 amide bonds. The molecule has 2 rings (SSSR count). The summed E-state index contributed by atoms with van der Waals surface area (Å²) in [6.07, 6.45) is -5.56. The van der Waals surface area contributed by atoms with Crippen LogP contribution in [-0.4, -0.2) is 46.8 Å². The van der Waals surface area contributed by atoms with E-state index in [2.05, 4.69) is 4.98 Å². The highest BCUT2D eigenvalue weighted by Gasteiger charge is 2.35. The van der Waals surface area contributed by atoms with Gasteiger partial charge in [0, 0.05) is 25.7 Å². The Morgan fingerprint density at radius 3 is 2.57 bits per heavy atom. The fourth-order valence-corrected chi connectivity index (χ4v) is 2.52. The third-order valence-corrected chi connectivity index (χ3v) is 3.62. The molecule has 0 aromatic carbocycles. The minimum absolute atomic E-state index is 0.261. The van der Waals surface area contributed by atoms with Crippen molar-refractivity contribution in [1.82, 2.24) is 9.88 Å². The number of pyridine rings is 1. The summed E-state index contributed by atoms with van der Waals surface area (Å²) in [7, 11) is 0. The van der Waals surface area contributed by atoms with E-state index in [0.29, 0.717) is 18.9 Å². The van der Waals surface area contributed by atoms with E-state index in [0.717, 1.165) is 6.07 Å². The molecule has 1 N–H and O–H groups in total. The summed E-state index contributed by atoms with van der Waals surface area (Å²) in [5.41, 5.74) is -0.981.